The van der Waals surface area contributed by atoms with Crippen molar-refractivity contribution >= 4 is 28.7 Å². The van der Waals surface area contributed by atoms with Gasteiger partial charge in [0.1, 0.15) is 5.69 Å². The Hall–Kier alpha value is -3.40. The van der Waals surface area contributed by atoms with E-state index in [9.17, 15) is 14.9 Å². The van der Waals surface area contributed by atoms with E-state index < -0.39 is 4.92 Å². The van der Waals surface area contributed by atoms with Crippen molar-refractivity contribution in [3.63, 3.8) is 0 Å². The molecule has 2 aromatic carbocycles. The van der Waals surface area contributed by atoms with Gasteiger partial charge < -0.3 is 10.2 Å². The molecule has 0 atom stereocenters. The van der Waals surface area contributed by atoms with Crippen LogP contribution in [-0.2, 0) is 11.2 Å². The molecule has 2 aromatic rings. The van der Waals surface area contributed by atoms with Gasteiger partial charge in [0.2, 0.25) is 5.91 Å². The highest BCUT2D eigenvalue weighted by Gasteiger charge is 2.23. The van der Waals surface area contributed by atoms with Crippen molar-refractivity contribution in [2.24, 2.45) is 0 Å². The Morgan fingerprint density at radius 1 is 1.28 bits per heavy atom. The van der Waals surface area contributed by atoms with Crippen molar-refractivity contribution < 1.29 is 9.72 Å². The SMILES string of the molecule is CCN1C(=O)CCc2cc(Nc3ccc(C#N)cc3[N+](=O)[O-])ccc21. The molecule has 1 amide bonds. The highest BCUT2D eigenvalue weighted by molar-refractivity contribution is 5.96. The Morgan fingerprint density at radius 3 is 2.76 bits per heavy atom. The average molecular weight is 336 g/mol. The normalized spacial score (nSPS) is 13.1. The highest BCUT2D eigenvalue weighted by atomic mass is 16.6. The fraction of sp³-hybridized carbons (Fsp3) is 0.222. The molecule has 126 valence electrons. The fourth-order valence-electron chi connectivity index (χ4n) is 3.00. The number of rotatable bonds is 4. The standard InChI is InChI=1S/C18H16N4O3/c1-2-21-16-7-5-14(10-13(16)4-8-18(21)23)20-15-6-3-12(11-19)9-17(15)22(24)25/h3,5-7,9-10,20H,2,4,8H2,1H3. The van der Waals surface area contributed by atoms with Crippen LogP contribution in [0.3, 0.4) is 0 Å². The van der Waals surface area contributed by atoms with E-state index in [2.05, 4.69) is 5.32 Å². The molecule has 7 nitrogen and oxygen atoms in total. The van der Waals surface area contributed by atoms with Gasteiger partial charge in [0.25, 0.3) is 5.69 Å². The molecule has 0 aromatic heterocycles. The number of fused-ring (bicyclic) bond motifs is 1. The lowest BCUT2D eigenvalue weighted by Gasteiger charge is -2.28. The minimum Gasteiger partial charge on any atom is -0.350 e. The van der Waals surface area contributed by atoms with Gasteiger partial charge in [0.05, 0.1) is 16.6 Å². The van der Waals surface area contributed by atoms with Crippen molar-refractivity contribution in [3.8, 4) is 6.07 Å². The number of anilines is 3. The number of nitriles is 1. The largest absolute Gasteiger partial charge is 0.350 e. The summed E-state index contributed by atoms with van der Waals surface area (Å²) in [6.07, 6.45) is 1.11. The van der Waals surface area contributed by atoms with Crippen LogP contribution < -0.4 is 10.2 Å². The van der Waals surface area contributed by atoms with E-state index >= 15 is 0 Å². The van der Waals surface area contributed by atoms with Gasteiger partial charge in [0, 0.05) is 30.4 Å². The van der Waals surface area contributed by atoms with E-state index in [-0.39, 0.29) is 17.2 Å². The van der Waals surface area contributed by atoms with Gasteiger partial charge in [-0.15, -0.1) is 0 Å². The Balaban J connectivity index is 1.94. The number of aryl methyl sites for hydroxylation is 1. The third-order valence-electron chi connectivity index (χ3n) is 4.20. The van der Waals surface area contributed by atoms with E-state index in [0.29, 0.717) is 30.8 Å². The molecule has 3 rings (SSSR count). The molecule has 0 saturated carbocycles. The molecule has 1 N–H and O–H groups in total. The smallest absolute Gasteiger partial charge is 0.293 e. The van der Waals surface area contributed by atoms with E-state index in [1.165, 1.54) is 18.2 Å². The van der Waals surface area contributed by atoms with E-state index in [1.54, 1.807) is 11.0 Å². The van der Waals surface area contributed by atoms with Crippen molar-refractivity contribution in [1.29, 1.82) is 5.26 Å². The number of nitro groups is 1. The zero-order valence-corrected chi connectivity index (χ0v) is 13.7. The Labute approximate surface area is 144 Å². The van der Waals surface area contributed by atoms with Gasteiger partial charge in [0.15, 0.2) is 0 Å². The van der Waals surface area contributed by atoms with Crippen LogP contribution in [0.25, 0.3) is 0 Å². The lowest BCUT2D eigenvalue weighted by Crippen LogP contribution is -2.34. The average Bonchev–Trinajstić information content (AvgIpc) is 2.62. The third kappa shape index (κ3) is 3.15. The van der Waals surface area contributed by atoms with E-state index in [4.69, 9.17) is 5.26 Å². The molecular weight excluding hydrogens is 320 g/mol. The first-order valence-corrected chi connectivity index (χ1v) is 7.92. The maximum Gasteiger partial charge on any atom is 0.293 e. The summed E-state index contributed by atoms with van der Waals surface area (Å²) in [6, 6.07) is 11.8. The fourth-order valence-corrected chi connectivity index (χ4v) is 3.00. The van der Waals surface area contributed by atoms with Gasteiger partial charge in [-0.05, 0) is 49.2 Å². The number of hydrogen-bond donors (Lipinski definition) is 1. The Morgan fingerprint density at radius 2 is 2.08 bits per heavy atom. The second-order valence-corrected chi connectivity index (χ2v) is 5.71. The molecule has 1 aliphatic heterocycles. The van der Waals surface area contributed by atoms with E-state index in [0.717, 1.165) is 11.3 Å². The monoisotopic (exact) mass is 336 g/mol. The van der Waals surface area contributed by atoms with Crippen LogP contribution in [0.5, 0.6) is 0 Å². The summed E-state index contributed by atoms with van der Waals surface area (Å²) < 4.78 is 0. The number of nitro benzene ring substituents is 1. The maximum absolute atomic E-state index is 12.0. The van der Waals surface area contributed by atoms with Crippen LogP contribution in [0, 0.1) is 21.4 Å². The number of carbonyl (C=O) groups excluding carboxylic acids is 1. The van der Waals surface area contributed by atoms with Gasteiger partial charge >= 0.3 is 0 Å². The molecule has 25 heavy (non-hydrogen) atoms. The number of amides is 1. The molecule has 0 radical (unpaired) electrons. The van der Waals surface area contributed by atoms with Gasteiger partial charge in [-0.2, -0.15) is 5.26 Å². The minimum absolute atomic E-state index is 0.110. The Bertz CT molecular complexity index is 902. The van der Waals surface area contributed by atoms with Crippen molar-refractivity contribution in [2.45, 2.75) is 19.8 Å². The quantitative estimate of drug-likeness (QED) is 0.680. The first-order chi connectivity index (χ1) is 12.0. The van der Waals surface area contributed by atoms with Crippen LogP contribution in [0.15, 0.2) is 36.4 Å². The Kier molecular flexibility index (Phi) is 4.35. The molecule has 1 heterocycles. The van der Waals surface area contributed by atoms with Gasteiger partial charge in [-0.3, -0.25) is 14.9 Å². The summed E-state index contributed by atoms with van der Waals surface area (Å²) >= 11 is 0. The molecule has 7 heteroatoms. The molecule has 0 spiro atoms. The predicted octanol–water partition coefficient (Wildman–Crippen LogP) is 3.51. The minimum atomic E-state index is -0.515. The number of nitrogens with one attached hydrogen (secondary N) is 1. The lowest BCUT2D eigenvalue weighted by molar-refractivity contribution is -0.383. The zero-order valence-electron chi connectivity index (χ0n) is 13.7. The molecule has 1 aliphatic rings. The number of nitrogens with zero attached hydrogens (tertiary/aromatic N) is 3. The first kappa shape index (κ1) is 16.5. The molecule has 0 fully saturated rings. The van der Waals surface area contributed by atoms with E-state index in [1.807, 2.05) is 25.1 Å². The number of carbonyl (C=O) groups is 1. The van der Waals surface area contributed by atoms with Crippen LogP contribution in [-0.4, -0.2) is 17.4 Å². The van der Waals surface area contributed by atoms with Gasteiger partial charge in [-0.25, -0.2) is 0 Å². The zero-order chi connectivity index (χ0) is 18.0. The van der Waals surface area contributed by atoms with Crippen LogP contribution in [0.2, 0.25) is 0 Å². The van der Waals surface area contributed by atoms with Crippen LogP contribution in [0.4, 0.5) is 22.7 Å². The predicted molar refractivity (Wildman–Crippen MR) is 93.9 cm³/mol. The summed E-state index contributed by atoms with van der Waals surface area (Å²) in [5, 5.41) is 23.2. The summed E-state index contributed by atoms with van der Waals surface area (Å²) in [6.45, 7) is 2.54. The molecule has 0 unspecified atom stereocenters. The maximum atomic E-state index is 12.0. The highest BCUT2D eigenvalue weighted by Crippen LogP contribution is 2.33. The second kappa shape index (κ2) is 6.61. The molecule has 0 bridgehead atoms. The first-order valence-electron chi connectivity index (χ1n) is 7.92. The molecular formula is C18H16N4O3. The van der Waals surface area contributed by atoms with Crippen LogP contribution in [0.1, 0.15) is 24.5 Å². The molecule has 0 aliphatic carbocycles. The van der Waals surface area contributed by atoms with Crippen molar-refractivity contribution in [2.75, 3.05) is 16.8 Å². The van der Waals surface area contributed by atoms with Crippen molar-refractivity contribution in [3.05, 3.63) is 57.6 Å². The topological polar surface area (TPSA) is 99.3 Å². The number of benzene rings is 2. The lowest BCUT2D eigenvalue weighted by atomic mass is 10.0. The van der Waals surface area contributed by atoms with Gasteiger partial charge in [-0.1, -0.05) is 0 Å². The summed E-state index contributed by atoms with van der Waals surface area (Å²) in [7, 11) is 0. The summed E-state index contributed by atoms with van der Waals surface area (Å²) in [5.41, 5.74) is 3.03. The van der Waals surface area contributed by atoms with Crippen molar-refractivity contribution in [1.82, 2.24) is 0 Å². The second-order valence-electron chi connectivity index (χ2n) is 5.71. The molecule has 0 saturated heterocycles. The summed E-state index contributed by atoms with van der Waals surface area (Å²) in [5.74, 6) is 0.110. The van der Waals surface area contributed by atoms with Crippen LogP contribution >= 0.6 is 0 Å². The summed E-state index contributed by atoms with van der Waals surface area (Å²) in [4.78, 5) is 24.4. The number of hydrogen-bond acceptors (Lipinski definition) is 5. The third-order valence-corrected chi connectivity index (χ3v) is 4.20.